The van der Waals surface area contributed by atoms with E-state index in [1.807, 2.05) is 0 Å². The van der Waals surface area contributed by atoms with E-state index in [-0.39, 0.29) is 17.1 Å². The van der Waals surface area contributed by atoms with E-state index in [1.165, 1.54) is 25.3 Å². The molecule has 0 spiro atoms. The molecule has 34 heavy (non-hydrogen) atoms. The second kappa shape index (κ2) is 8.67. The number of halogens is 4. The molecule has 2 atom stereocenters. The molecule has 0 unspecified atom stereocenters. The monoisotopic (exact) mass is 514 g/mol. The van der Waals surface area contributed by atoms with Gasteiger partial charge in [-0.3, -0.25) is 9.69 Å². The lowest BCUT2D eigenvalue weighted by atomic mass is 9.82. The van der Waals surface area contributed by atoms with E-state index in [9.17, 15) is 33.0 Å². The van der Waals surface area contributed by atoms with Gasteiger partial charge in [-0.2, -0.15) is 0 Å². The average molecular weight is 515 g/mol. The average Bonchev–Trinajstić information content (AvgIpc) is 3.30. The molecule has 1 aromatic heterocycles. The van der Waals surface area contributed by atoms with Gasteiger partial charge in [0.25, 0.3) is 5.92 Å². The van der Waals surface area contributed by atoms with E-state index in [0.29, 0.717) is 14.9 Å². The Morgan fingerprint density at radius 1 is 1.29 bits per heavy atom. The molecule has 13 heteroatoms. The quantitative estimate of drug-likeness (QED) is 0.541. The maximum Gasteiger partial charge on any atom is 0.336 e. The minimum absolute atomic E-state index is 0.0282. The number of carboxylic acid groups (broad SMARTS) is 2. The Kier molecular flexibility index (Phi) is 6.17. The van der Waals surface area contributed by atoms with E-state index < -0.39 is 54.8 Å². The van der Waals surface area contributed by atoms with E-state index in [0.717, 1.165) is 28.4 Å². The fraction of sp³-hybridized carbons (Fsp3) is 0.333. The highest BCUT2D eigenvalue weighted by atomic mass is 35.5. The first-order valence-electron chi connectivity index (χ1n) is 9.96. The summed E-state index contributed by atoms with van der Waals surface area (Å²) in [6, 6.07) is 3.55. The smallest absolute Gasteiger partial charge is 0.336 e. The molecule has 1 fully saturated rings. The predicted molar refractivity (Wildman–Crippen MR) is 118 cm³/mol. The van der Waals surface area contributed by atoms with Gasteiger partial charge in [-0.05, 0) is 24.6 Å². The van der Waals surface area contributed by atoms with Crippen molar-refractivity contribution in [3.63, 3.8) is 0 Å². The van der Waals surface area contributed by atoms with Crippen LogP contribution in [0.25, 0.3) is 0 Å². The maximum atomic E-state index is 14.1. The molecular formula is C21H18ClF3N4O4S. The number of alkyl halides is 2. The lowest BCUT2D eigenvalue weighted by Gasteiger charge is -2.35. The summed E-state index contributed by atoms with van der Waals surface area (Å²) in [5.41, 5.74) is -1.56. The molecule has 0 radical (unpaired) electrons. The van der Waals surface area contributed by atoms with Crippen LogP contribution < -0.4 is 5.32 Å². The number of thiazole rings is 1. The fourth-order valence-corrected chi connectivity index (χ4v) is 5.06. The standard InChI is InChI=1S/C21H18ClF3N4O4S/c1-20(10-2-4-11(23)5-3-10)15(19(32)33)12(27-16(28-20)17-26-7-14(22)34-17)8-29-9-21(24,25)6-13(29)18(30)31/h2-5,7,13H,6,8-9H2,1H3,(H,27,28)(H,30,31)(H,32,33)/t13-,20-/m0/s1. The third-order valence-electron chi connectivity index (χ3n) is 5.71. The van der Waals surface area contributed by atoms with Crippen LogP contribution in [0.3, 0.4) is 0 Å². The largest absolute Gasteiger partial charge is 0.480 e. The van der Waals surface area contributed by atoms with Gasteiger partial charge in [0, 0.05) is 18.7 Å². The third kappa shape index (κ3) is 4.52. The molecule has 2 aliphatic rings. The van der Waals surface area contributed by atoms with Crippen molar-refractivity contribution in [2.45, 2.75) is 30.8 Å². The lowest BCUT2D eigenvalue weighted by Crippen LogP contribution is -2.46. The van der Waals surface area contributed by atoms with E-state index in [4.69, 9.17) is 11.6 Å². The second-order valence-electron chi connectivity index (χ2n) is 8.11. The van der Waals surface area contributed by atoms with Crippen LogP contribution in [0.5, 0.6) is 0 Å². The van der Waals surface area contributed by atoms with Gasteiger partial charge in [0.2, 0.25) is 0 Å². The molecule has 8 nitrogen and oxygen atoms in total. The molecule has 180 valence electrons. The van der Waals surface area contributed by atoms with Crippen LogP contribution in [-0.2, 0) is 15.1 Å². The number of rotatable bonds is 6. The first kappa shape index (κ1) is 24.2. The molecule has 4 rings (SSSR count). The van der Waals surface area contributed by atoms with Crippen molar-refractivity contribution in [3.05, 3.63) is 62.5 Å². The van der Waals surface area contributed by atoms with Crippen molar-refractivity contribution in [1.82, 2.24) is 15.2 Å². The fourth-order valence-electron chi connectivity index (χ4n) is 4.21. The Morgan fingerprint density at radius 3 is 2.53 bits per heavy atom. The zero-order valence-electron chi connectivity index (χ0n) is 17.6. The van der Waals surface area contributed by atoms with Crippen LogP contribution in [0.4, 0.5) is 13.2 Å². The SMILES string of the molecule is C[C@@]1(c2ccc(F)cc2)N=C(c2ncc(Cl)s2)NC(CN2CC(F)(F)C[C@H]2C(=O)O)=C1C(=O)O. The van der Waals surface area contributed by atoms with Gasteiger partial charge >= 0.3 is 11.9 Å². The third-order valence-corrected chi connectivity index (χ3v) is 6.83. The van der Waals surface area contributed by atoms with E-state index >= 15 is 0 Å². The first-order valence-corrected chi connectivity index (χ1v) is 11.2. The maximum absolute atomic E-state index is 14.1. The molecule has 3 N–H and O–H groups in total. The molecule has 0 bridgehead atoms. The predicted octanol–water partition coefficient (Wildman–Crippen LogP) is 3.33. The summed E-state index contributed by atoms with van der Waals surface area (Å²) in [6.07, 6.45) is 0.481. The number of aromatic nitrogens is 1. The van der Waals surface area contributed by atoms with Crippen LogP contribution >= 0.6 is 22.9 Å². The normalized spacial score (nSPS) is 24.6. The molecule has 1 saturated heterocycles. The summed E-state index contributed by atoms with van der Waals surface area (Å²) < 4.78 is 42.1. The highest BCUT2D eigenvalue weighted by Crippen LogP contribution is 2.40. The summed E-state index contributed by atoms with van der Waals surface area (Å²) in [5, 5.41) is 22.7. The lowest BCUT2D eigenvalue weighted by molar-refractivity contribution is -0.142. The van der Waals surface area contributed by atoms with Gasteiger partial charge in [-0.25, -0.2) is 27.9 Å². The number of aliphatic carboxylic acids is 2. The van der Waals surface area contributed by atoms with Gasteiger partial charge in [0.15, 0.2) is 10.8 Å². The number of aliphatic imine (C=N–C) groups is 1. The van der Waals surface area contributed by atoms with Crippen LogP contribution in [0.2, 0.25) is 4.34 Å². The van der Waals surface area contributed by atoms with Crippen molar-refractivity contribution in [1.29, 1.82) is 0 Å². The van der Waals surface area contributed by atoms with Gasteiger partial charge < -0.3 is 15.5 Å². The summed E-state index contributed by atoms with van der Waals surface area (Å²) in [5.74, 6) is -6.50. The minimum atomic E-state index is -3.25. The number of likely N-dealkylation sites (tertiary alicyclic amines) is 1. The zero-order valence-corrected chi connectivity index (χ0v) is 19.1. The van der Waals surface area contributed by atoms with Crippen molar-refractivity contribution >= 4 is 40.7 Å². The van der Waals surface area contributed by atoms with Gasteiger partial charge in [0.1, 0.15) is 21.7 Å². The highest BCUT2D eigenvalue weighted by molar-refractivity contribution is 7.17. The topological polar surface area (TPSA) is 115 Å². The Bertz CT molecular complexity index is 1220. The van der Waals surface area contributed by atoms with Crippen molar-refractivity contribution < 1.29 is 33.0 Å². The Balaban J connectivity index is 1.85. The zero-order chi connectivity index (χ0) is 24.8. The number of hydrogen-bond acceptors (Lipinski definition) is 7. The van der Waals surface area contributed by atoms with Gasteiger partial charge in [0.05, 0.1) is 18.3 Å². The number of carboxylic acids is 2. The molecule has 0 aliphatic carbocycles. The van der Waals surface area contributed by atoms with Crippen molar-refractivity contribution in [3.8, 4) is 0 Å². The van der Waals surface area contributed by atoms with Crippen LogP contribution in [0.15, 0.2) is 46.7 Å². The number of nitrogens with one attached hydrogen (secondary N) is 1. The molecule has 0 amide bonds. The summed E-state index contributed by atoms with van der Waals surface area (Å²) in [6.45, 7) is 0.209. The number of hydrogen-bond donors (Lipinski definition) is 3. The van der Waals surface area contributed by atoms with Crippen molar-refractivity contribution in [2.24, 2.45) is 4.99 Å². The Labute approximate surface area is 200 Å². The second-order valence-corrected chi connectivity index (χ2v) is 9.77. The van der Waals surface area contributed by atoms with Crippen LogP contribution in [0.1, 0.15) is 23.9 Å². The van der Waals surface area contributed by atoms with Gasteiger partial charge in [-0.1, -0.05) is 35.1 Å². The number of benzene rings is 1. The molecule has 1 aromatic carbocycles. The van der Waals surface area contributed by atoms with Crippen LogP contribution in [-0.4, -0.2) is 62.9 Å². The van der Waals surface area contributed by atoms with E-state index in [2.05, 4.69) is 15.3 Å². The Hall–Kier alpha value is -2.96. The number of carbonyl (C=O) groups is 2. The van der Waals surface area contributed by atoms with Gasteiger partial charge in [-0.15, -0.1) is 0 Å². The summed E-state index contributed by atoms with van der Waals surface area (Å²) in [4.78, 5) is 33.8. The van der Waals surface area contributed by atoms with E-state index in [1.54, 1.807) is 0 Å². The molecule has 2 aliphatic heterocycles. The minimum Gasteiger partial charge on any atom is -0.480 e. The molecule has 0 saturated carbocycles. The number of amidine groups is 1. The number of nitrogens with zero attached hydrogens (tertiary/aromatic N) is 3. The summed E-state index contributed by atoms with van der Waals surface area (Å²) in [7, 11) is 0. The Morgan fingerprint density at radius 2 is 1.97 bits per heavy atom. The molecule has 2 aromatic rings. The van der Waals surface area contributed by atoms with Crippen LogP contribution in [0, 0.1) is 5.82 Å². The highest BCUT2D eigenvalue weighted by Gasteiger charge is 2.50. The summed E-state index contributed by atoms with van der Waals surface area (Å²) >= 11 is 7.05. The van der Waals surface area contributed by atoms with Crippen molar-refractivity contribution in [2.75, 3.05) is 13.1 Å². The first-order chi connectivity index (χ1) is 15.9. The molecular weight excluding hydrogens is 497 g/mol. The molecule has 3 heterocycles.